The Morgan fingerprint density at radius 1 is 1.12 bits per heavy atom. The number of nitrogens with zero attached hydrogens (tertiary/aromatic N) is 2. The highest BCUT2D eigenvalue weighted by atomic mass is 19.2. The lowest BCUT2D eigenvalue weighted by atomic mass is 9.91. The second-order valence-corrected chi connectivity index (χ2v) is 10.5. The molecule has 16 heteroatoms. The minimum atomic E-state index is -1.87. The van der Waals surface area contributed by atoms with Crippen molar-refractivity contribution in [3.8, 4) is 5.75 Å². The maximum Gasteiger partial charge on any atom is 0.312 e. The molecule has 5 N–H and O–H groups in total. The second kappa shape index (κ2) is 12.9. The summed E-state index contributed by atoms with van der Waals surface area (Å²) in [5, 5.41) is 28.6. The fraction of sp³-hybridized carbons (Fsp3) is 0.481. The monoisotopic (exact) mass is 609 g/mol. The molecule has 0 radical (unpaired) electrons. The predicted molar refractivity (Wildman–Crippen MR) is 139 cm³/mol. The minimum Gasteiger partial charge on any atom is -0.505 e. The third-order valence-electron chi connectivity index (χ3n) is 7.42. The van der Waals surface area contributed by atoms with E-state index < -0.39 is 107 Å². The van der Waals surface area contributed by atoms with Crippen LogP contribution in [0.2, 0.25) is 0 Å². The molecule has 2 saturated heterocycles. The number of carbonyl (C=O) groups is 4. The van der Waals surface area contributed by atoms with E-state index in [-0.39, 0.29) is 18.9 Å². The van der Waals surface area contributed by atoms with Crippen LogP contribution >= 0.6 is 0 Å². The van der Waals surface area contributed by atoms with Crippen molar-refractivity contribution in [2.45, 2.75) is 57.5 Å². The van der Waals surface area contributed by atoms with Gasteiger partial charge in [-0.05, 0) is 39.3 Å². The lowest BCUT2D eigenvalue weighted by Gasteiger charge is -2.37. The van der Waals surface area contributed by atoms with Gasteiger partial charge in [0.15, 0.2) is 17.6 Å². The number of halogens is 3. The Balaban J connectivity index is 1.73. The molecular weight excluding hydrogens is 579 g/mol. The highest BCUT2D eigenvalue weighted by molar-refractivity contribution is 5.98. The van der Waals surface area contributed by atoms with Crippen LogP contribution in [-0.4, -0.2) is 87.4 Å². The van der Waals surface area contributed by atoms with Gasteiger partial charge in [-0.1, -0.05) is 0 Å². The number of aromatic hydroxyl groups is 1. The van der Waals surface area contributed by atoms with E-state index in [9.17, 15) is 42.6 Å². The SMILES string of the molecule is Cc1nc(F)c(F)c(F)c1CC1NC(=O)C(NC(=O)c2ncccc2O)C(C)NC(=O)C(C2COC2)OC(=O)C(C)C1O. The van der Waals surface area contributed by atoms with Gasteiger partial charge in [0, 0.05) is 17.5 Å². The van der Waals surface area contributed by atoms with Crippen molar-refractivity contribution in [1.29, 1.82) is 0 Å². The molecule has 0 saturated carbocycles. The molecule has 2 aliphatic rings. The zero-order valence-electron chi connectivity index (χ0n) is 23.3. The summed E-state index contributed by atoms with van der Waals surface area (Å²) in [6, 6.07) is -1.77. The summed E-state index contributed by atoms with van der Waals surface area (Å²) in [7, 11) is 0. The number of aromatic nitrogens is 2. The van der Waals surface area contributed by atoms with Crippen molar-refractivity contribution in [2.24, 2.45) is 11.8 Å². The molecule has 0 spiro atoms. The molecule has 2 aromatic heterocycles. The van der Waals surface area contributed by atoms with E-state index in [1.807, 2.05) is 0 Å². The number of pyridine rings is 2. The minimum absolute atomic E-state index is 0.0839. The first-order valence-electron chi connectivity index (χ1n) is 13.3. The summed E-state index contributed by atoms with van der Waals surface area (Å²) in [6.45, 7) is 3.96. The molecule has 0 aliphatic carbocycles. The Bertz CT molecular complexity index is 1430. The Kier molecular flexibility index (Phi) is 9.49. The van der Waals surface area contributed by atoms with Gasteiger partial charge in [-0.3, -0.25) is 19.2 Å². The van der Waals surface area contributed by atoms with E-state index in [2.05, 4.69) is 25.9 Å². The number of carbonyl (C=O) groups excluding carboxylic acids is 4. The predicted octanol–water partition coefficient (Wildman–Crippen LogP) is -0.193. The fourth-order valence-electron chi connectivity index (χ4n) is 4.73. The molecule has 2 fully saturated rings. The zero-order valence-corrected chi connectivity index (χ0v) is 23.3. The van der Waals surface area contributed by atoms with Gasteiger partial charge in [0.2, 0.25) is 11.7 Å². The van der Waals surface area contributed by atoms with Gasteiger partial charge >= 0.3 is 5.97 Å². The molecule has 0 aromatic carbocycles. The first kappa shape index (κ1) is 31.6. The van der Waals surface area contributed by atoms with Gasteiger partial charge in [-0.2, -0.15) is 8.78 Å². The summed E-state index contributed by atoms with van der Waals surface area (Å²) in [5.41, 5.74) is -1.20. The standard InChI is InChI=1S/C27H30F3N5O8/c1-10-21(37)15(7-14-11(2)32-23(30)18(29)17(14)28)34-24(38)19(35-25(39)20-16(36)5-4-6-31-20)12(3)33-26(40)22(43-27(10)41)13-8-42-9-13/h4-6,10,12-13,15,19,21-22,36-37H,7-9H2,1-3H3,(H,33,40)(H,34,38)(H,35,39). The largest absolute Gasteiger partial charge is 0.505 e. The zero-order chi connectivity index (χ0) is 31.6. The van der Waals surface area contributed by atoms with Crippen molar-refractivity contribution < 1.29 is 52.0 Å². The van der Waals surface area contributed by atoms with Gasteiger partial charge in [-0.15, -0.1) is 0 Å². The van der Waals surface area contributed by atoms with Crippen LogP contribution in [-0.2, 0) is 30.3 Å². The van der Waals surface area contributed by atoms with Crippen LogP contribution in [0, 0.1) is 36.3 Å². The average molecular weight is 610 g/mol. The molecule has 2 aliphatic heterocycles. The molecule has 4 heterocycles. The van der Waals surface area contributed by atoms with Crippen molar-refractivity contribution in [1.82, 2.24) is 25.9 Å². The summed E-state index contributed by atoms with van der Waals surface area (Å²) in [4.78, 5) is 60.0. The van der Waals surface area contributed by atoms with E-state index in [0.717, 1.165) is 0 Å². The number of ether oxygens (including phenoxy) is 2. The average Bonchev–Trinajstić information content (AvgIpc) is 2.93. The lowest BCUT2D eigenvalue weighted by molar-refractivity contribution is -0.178. The van der Waals surface area contributed by atoms with Gasteiger partial charge in [0.25, 0.3) is 17.8 Å². The van der Waals surface area contributed by atoms with Gasteiger partial charge in [0.05, 0.1) is 43.2 Å². The van der Waals surface area contributed by atoms with Gasteiger partial charge in [0.1, 0.15) is 11.8 Å². The summed E-state index contributed by atoms with van der Waals surface area (Å²) in [6.07, 6.45) is -2.63. The summed E-state index contributed by atoms with van der Waals surface area (Å²) >= 11 is 0. The number of esters is 1. The quantitative estimate of drug-likeness (QED) is 0.224. The fourth-order valence-corrected chi connectivity index (χ4v) is 4.73. The number of hydrogen-bond acceptors (Lipinski definition) is 10. The molecule has 2 aromatic rings. The number of nitrogens with one attached hydrogen (secondary N) is 3. The van der Waals surface area contributed by atoms with E-state index in [0.29, 0.717) is 0 Å². The Labute approximate surface area is 243 Å². The summed E-state index contributed by atoms with van der Waals surface area (Å²) in [5.74, 6) is -11.5. The number of cyclic esters (lactones) is 1. The van der Waals surface area contributed by atoms with Crippen LogP contribution in [0.3, 0.4) is 0 Å². The molecule has 6 unspecified atom stereocenters. The van der Waals surface area contributed by atoms with Crippen LogP contribution in [0.15, 0.2) is 18.3 Å². The van der Waals surface area contributed by atoms with Crippen molar-refractivity contribution in [2.75, 3.05) is 13.2 Å². The smallest absolute Gasteiger partial charge is 0.312 e. The molecule has 13 nitrogen and oxygen atoms in total. The topological polar surface area (TPSA) is 189 Å². The normalized spacial score (nSPS) is 27.1. The first-order chi connectivity index (χ1) is 20.3. The highest BCUT2D eigenvalue weighted by Gasteiger charge is 2.43. The Morgan fingerprint density at radius 2 is 1.81 bits per heavy atom. The number of hydrogen-bond donors (Lipinski definition) is 5. The third-order valence-corrected chi connectivity index (χ3v) is 7.42. The van der Waals surface area contributed by atoms with E-state index >= 15 is 0 Å². The highest BCUT2D eigenvalue weighted by Crippen LogP contribution is 2.25. The van der Waals surface area contributed by atoms with Crippen LogP contribution < -0.4 is 16.0 Å². The molecular formula is C27H30F3N5O8. The van der Waals surface area contributed by atoms with Crippen LogP contribution in [0.25, 0.3) is 0 Å². The Hall–Kier alpha value is -4.31. The van der Waals surface area contributed by atoms with Gasteiger partial charge < -0.3 is 35.6 Å². The van der Waals surface area contributed by atoms with Crippen LogP contribution in [0.1, 0.15) is 35.6 Å². The van der Waals surface area contributed by atoms with E-state index in [4.69, 9.17) is 9.47 Å². The Morgan fingerprint density at radius 3 is 2.44 bits per heavy atom. The van der Waals surface area contributed by atoms with Crippen LogP contribution in [0.4, 0.5) is 13.2 Å². The molecule has 43 heavy (non-hydrogen) atoms. The van der Waals surface area contributed by atoms with E-state index in [1.54, 1.807) is 0 Å². The van der Waals surface area contributed by atoms with Crippen molar-refractivity contribution >= 4 is 23.7 Å². The number of rotatable bonds is 5. The number of aryl methyl sites for hydroxylation is 1. The van der Waals surface area contributed by atoms with Crippen LogP contribution in [0.5, 0.6) is 5.75 Å². The lowest BCUT2D eigenvalue weighted by Crippen LogP contribution is -2.63. The summed E-state index contributed by atoms with van der Waals surface area (Å²) < 4.78 is 53.1. The maximum absolute atomic E-state index is 14.8. The molecule has 0 bridgehead atoms. The maximum atomic E-state index is 14.8. The van der Waals surface area contributed by atoms with Crippen molar-refractivity contribution in [3.63, 3.8) is 0 Å². The van der Waals surface area contributed by atoms with E-state index in [1.165, 1.54) is 39.1 Å². The van der Waals surface area contributed by atoms with Gasteiger partial charge in [-0.25, -0.2) is 14.4 Å². The number of aliphatic hydroxyl groups is 1. The molecule has 3 amide bonds. The number of aliphatic hydroxyl groups excluding tert-OH is 1. The molecule has 232 valence electrons. The molecule has 6 atom stereocenters. The second-order valence-electron chi connectivity index (χ2n) is 10.5. The number of amides is 3. The molecule has 4 rings (SSSR count). The first-order valence-corrected chi connectivity index (χ1v) is 13.3. The third kappa shape index (κ3) is 6.69. The van der Waals surface area contributed by atoms with Crippen molar-refractivity contribution in [3.05, 3.63) is 52.9 Å².